The Balaban J connectivity index is 2.60. The summed E-state index contributed by atoms with van der Waals surface area (Å²) in [6, 6.07) is 8.85. The van der Waals surface area contributed by atoms with Gasteiger partial charge in [-0.25, -0.2) is 0 Å². The number of nitriles is 1. The molecular weight excluding hydrogens is 226 g/mol. The molecule has 0 bridgehead atoms. The first-order valence-corrected chi connectivity index (χ1v) is 5.95. The number of hydrogen-bond acceptors (Lipinski definition) is 3. The molecule has 0 aliphatic carbocycles. The SMILES string of the molecule is CN(C)CCCN(C)C(=O)c1cccc(C#N)c1. The molecule has 0 aromatic heterocycles. The summed E-state index contributed by atoms with van der Waals surface area (Å²) < 4.78 is 0. The van der Waals surface area contributed by atoms with Gasteiger partial charge in [-0.05, 0) is 45.3 Å². The Labute approximate surface area is 108 Å². The highest BCUT2D eigenvalue weighted by Crippen LogP contribution is 2.07. The summed E-state index contributed by atoms with van der Waals surface area (Å²) >= 11 is 0. The molecule has 0 radical (unpaired) electrons. The third-order valence-electron chi connectivity index (χ3n) is 2.68. The summed E-state index contributed by atoms with van der Waals surface area (Å²) in [6.07, 6.45) is 0.938. The Morgan fingerprint density at radius 1 is 1.28 bits per heavy atom. The molecule has 1 aromatic carbocycles. The first kappa shape index (κ1) is 14.2. The second kappa shape index (κ2) is 6.77. The van der Waals surface area contributed by atoms with Gasteiger partial charge in [-0.2, -0.15) is 5.26 Å². The molecule has 0 heterocycles. The van der Waals surface area contributed by atoms with E-state index < -0.39 is 0 Å². The fraction of sp³-hybridized carbons (Fsp3) is 0.429. The van der Waals surface area contributed by atoms with E-state index in [9.17, 15) is 4.79 Å². The number of hydrogen-bond donors (Lipinski definition) is 0. The molecule has 0 fully saturated rings. The third kappa shape index (κ3) is 4.19. The summed E-state index contributed by atoms with van der Waals surface area (Å²) in [5, 5.41) is 8.80. The maximum atomic E-state index is 12.1. The molecule has 0 spiro atoms. The lowest BCUT2D eigenvalue weighted by Gasteiger charge is -2.18. The molecule has 0 saturated heterocycles. The van der Waals surface area contributed by atoms with Gasteiger partial charge < -0.3 is 9.80 Å². The molecule has 0 aliphatic heterocycles. The molecule has 0 unspecified atom stereocenters. The highest BCUT2D eigenvalue weighted by Gasteiger charge is 2.11. The Morgan fingerprint density at radius 3 is 2.61 bits per heavy atom. The first-order valence-electron chi connectivity index (χ1n) is 5.95. The van der Waals surface area contributed by atoms with Crippen LogP contribution in [-0.4, -0.2) is 49.9 Å². The van der Waals surface area contributed by atoms with E-state index in [2.05, 4.69) is 4.90 Å². The second-order valence-electron chi connectivity index (χ2n) is 4.58. The zero-order chi connectivity index (χ0) is 13.5. The average Bonchev–Trinajstić information content (AvgIpc) is 2.37. The van der Waals surface area contributed by atoms with Gasteiger partial charge in [0.25, 0.3) is 5.91 Å². The van der Waals surface area contributed by atoms with Crippen LogP contribution in [0.4, 0.5) is 0 Å². The molecule has 4 nitrogen and oxygen atoms in total. The Hall–Kier alpha value is -1.86. The summed E-state index contributed by atoms with van der Waals surface area (Å²) in [4.78, 5) is 15.9. The van der Waals surface area contributed by atoms with E-state index in [4.69, 9.17) is 5.26 Å². The number of carbonyl (C=O) groups excluding carboxylic acids is 1. The van der Waals surface area contributed by atoms with Crippen molar-refractivity contribution in [3.05, 3.63) is 35.4 Å². The minimum absolute atomic E-state index is 0.0362. The second-order valence-corrected chi connectivity index (χ2v) is 4.58. The van der Waals surface area contributed by atoms with Gasteiger partial charge in [-0.3, -0.25) is 4.79 Å². The molecule has 0 N–H and O–H groups in total. The standard InChI is InChI=1S/C14H19N3O/c1-16(2)8-5-9-17(3)14(18)13-7-4-6-12(10-13)11-15/h4,6-7,10H,5,8-9H2,1-3H3. The van der Waals surface area contributed by atoms with Crippen molar-refractivity contribution in [2.24, 2.45) is 0 Å². The van der Waals surface area contributed by atoms with Crippen LogP contribution in [0.25, 0.3) is 0 Å². The number of rotatable bonds is 5. The predicted molar refractivity (Wildman–Crippen MR) is 71.3 cm³/mol. The van der Waals surface area contributed by atoms with Crippen molar-refractivity contribution in [1.82, 2.24) is 9.80 Å². The molecule has 0 saturated carbocycles. The van der Waals surface area contributed by atoms with Crippen molar-refractivity contribution >= 4 is 5.91 Å². The number of amides is 1. The van der Waals surface area contributed by atoms with E-state index >= 15 is 0 Å². The fourth-order valence-electron chi connectivity index (χ4n) is 1.67. The molecule has 4 heteroatoms. The van der Waals surface area contributed by atoms with Crippen LogP contribution in [0, 0.1) is 11.3 Å². The Bertz CT molecular complexity index is 449. The highest BCUT2D eigenvalue weighted by molar-refractivity contribution is 5.94. The van der Waals surface area contributed by atoms with Gasteiger partial charge in [0.2, 0.25) is 0 Å². The van der Waals surface area contributed by atoms with Crippen LogP contribution < -0.4 is 0 Å². The van der Waals surface area contributed by atoms with E-state index in [1.807, 2.05) is 20.2 Å². The maximum absolute atomic E-state index is 12.1. The van der Waals surface area contributed by atoms with Gasteiger partial charge in [-0.1, -0.05) is 6.07 Å². The van der Waals surface area contributed by atoms with Crippen LogP contribution in [0.5, 0.6) is 0 Å². The van der Waals surface area contributed by atoms with E-state index in [1.54, 1.807) is 36.2 Å². The lowest BCUT2D eigenvalue weighted by atomic mass is 10.1. The number of benzene rings is 1. The molecule has 96 valence electrons. The van der Waals surface area contributed by atoms with Crippen molar-refractivity contribution in [1.29, 1.82) is 5.26 Å². The molecule has 0 aliphatic rings. The van der Waals surface area contributed by atoms with E-state index in [0.717, 1.165) is 13.0 Å². The first-order chi connectivity index (χ1) is 8.54. The van der Waals surface area contributed by atoms with Gasteiger partial charge in [-0.15, -0.1) is 0 Å². The van der Waals surface area contributed by atoms with Crippen LogP contribution in [0.2, 0.25) is 0 Å². The lowest BCUT2D eigenvalue weighted by Crippen LogP contribution is -2.29. The fourth-order valence-corrected chi connectivity index (χ4v) is 1.67. The van der Waals surface area contributed by atoms with Crippen LogP contribution in [-0.2, 0) is 0 Å². The Kier molecular flexibility index (Phi) is 5.34. The van der Waals surface area contributed by atoms with Crippen molar-refractivity contribution in [2.45, 2.75) is 6.42 Å². The van der Waals surface area contributed by atoms with Crippen LogP contribution in [0.3, 0.4) is 0 Å². The summed E-state index contributed by atoms with van der Waals surface area (Å²) in [5.74, 6) is -0.0362. The molecule has 0 atom stereocenters. The number of carbonyl (C=O) groups is 1. The van der Waals surface area contributed by atoms with E-state index in [0.29, 0.717) is 17.7 Å². The van der Waals surface area contributed by atoms with E-state index in [-0.39, 0.29) is 5.91 Å². The van der Waals surface area contributed by atoms with Crippen molar-refractivity contribution in [2.75, 3.05) is 34.2 Å². The van der Waals surface area contributed by atoms with Crippen LogP contribution in [0.15, 0.2) is 24.3 Å². The van der Waals surface area contributed by atoms with Gasteiger partial charge in [0, 0.05) is 19.2 Å². The van der Waals surface area contributed by atoms with Gasteiger partial charge >= 0.3 is 0 Å². The van der Waals surface area contributed by atoms with Crippen LogP contribution in [0.1, 0.15) is 22.3 Å². The lowest BCUT2D eigenvalue weighted by molar-refractivity contribution is 0.0790. The minimum Gasteiger partial charge on any atom is -0.342 e. The van der Waals surface area contributed by atoms with Gasteiger partial charge in [0.05, 0.1) is 11.6 Å². The van der Waals surface area contributed by atoms with Crippen LogP contribution >= 0.6 is 0 Å². The summed E-state index contributed by atoms with van der Waals surface area (Å²) in [7, 11) is 5.81. The van der Waals surface area contributed by atoms with Gasteiger partial charge in [0.15, 0.2) is 0 Å². The summed E-state index contributed by atoms with van der Waals surface area (Å²) in [6.45, 7) is 1.67. The summed E-state index contributed by atoms with van der Waals surface area (Å²) in [5.41, 5.74) is 1.09. The monoisotopic (exact) mass is 245 g/mol. The molecule has 1 rings (SSSR count). The molecule has 18 heavy (non-hydrogen) atoms. The average molecular weight is 245 g/mol. The minimum atomic E-state index is -0.0362. The maximum Gasteiger partial charge on any atom is 0.253 e. The highest BCUT2D eigenvalue weighted by atomic mass is 16.2. The normalized spacial score (nSPS) is 10.2. The van der Waals surface area contributed by atoms with Crippen molar-refractivity contribution in [3.8, 4) is 6.07 Å². The van der Waals surface area contributed by atoms with E-state index in [1.165, 1.54) is 0 Å². The van der Waals surface area contributed by atoms with Gasteiger partial charge in [0.1, 0.15) is 0 Å². The molecule has 1 amide bonds. The largest absolute Gasteiger partial charge is 0.342 e. The smallest absolute Gasteiger partial charge is 0.253 e. The third-order valence-corrected chi connectivity index (χ3v) is 2.68. The topological polar surface area (TPSA) is 47.3 Å². The zero-order valence-corrected chi connectivity index (χ0v) is 11.2. The van der Waals surface area contributed by atoms with Crippen molar-refractivity contribution in [3.63, 3.8) is 0 Å². The molecule has 1 aromatic rings. The predicted octanol–water partition coefficient (Wildman–Crippen LogP) is 1.58. The quantitative estimate of drug-likeness (QED) is 0.791. The van der Waals surface area contributed by atoms with Crippen molar-refractivity contribution < 1.29 is 4.79 Å². The number of nitrogens with zero attached hydrogens (tertiary/aromatic N) is 3. The molecular formula is C14H19N3O. The zero-order valence-electron chi connectivity index (χ0n) is 11.2. The Morgan fingerprint density at radius 2 is 2.00 bits per heavy atom.